The third-order valence-electron chi connectivity index (χ3n) is 3.27. The van der Waals surface area contributed by atoms with Crippen LogP contribution in [-0.4, -0.2) is 50.5 Å². The van der Waals surface area contributed by atoms with E-state index in [1.165, 1.54) is 20.3 Å². The van der Waals surface area contributed by atoms with Gasteiger partial charge in [0.05, 0.1) is 35.3 Å². The minimum absolute atomic E-state index is 0.0746. The molecule has 9 heteroatoms. The van der Waals surface area contributed by atoms with Crippen LogP contribution in [0.15, 0.2) is 6.07 Å². The first kappa shape index (κ1) is 20.3. The van der Waals surface area contributed by atoms with Gasteiger partial charge in [0.15, 0.2) is 0 Å². The average molecular weight is 359 g/mol. The maximum Gasteiger partial charge on any atom is 0.340 e. The van der Waals surface area contributed by atoms with Crippen molar-refractivity contribution in [3.05, 3.63) is 28.6 Å². The van der Waals surface area contributed by atoms with E-state index >= 15 is 0 Å². The fourth-order valence-corrected chi connectivity index (χ4v) is 2.76. The van der Waals surface area contributed by atoms with Gasteiger partial charge in [-0.15, -0.1) is 0 Å². The van der Waals surface area contributed by atoms with Gasteiger partial charge in [-0.1, -0.05) is 0 Å². The van der Waals surface area contributed by atoms with Crippen molar-refractivity contribution in [2.75, 3.05) is 33.6 Å². The molecular formula is C15H22NO7P. The summed E-state index contributed by atoms with van der Waals surface area (Å²) < 4.78 is 31.4. The molecule has 0 aliphatic rings. The fourth-order valence-electron chi connectivity index (χ4n) is 1.93. The lowest BCUT2D eigenvalue weighted by Crippen LogP contribution is -2.15. The van der Waals surface area contributed by atoms with E-state index in [0.717, 1.165) is 0 Å². The van der Waals surface area contributed by atoms with Crippen LogP contribution in [0.5, 0.6) is 0 Å². The van der Waals surface area contributed by atoms with Crippen LogP contribution in [0.2, 0.25) is 0 Å². The second kappa shape index (κ2) is 8.92. The Morgan fingerprint density at radius 2 is 1.54 bits per heavy atom. The molecule has 0 amide bonds. The number of aromatic nitrogens is 1. The number of nitrogens with zero attached hydrogens (tertiary/aromatic N) is 1. The maximum absolute atomic E-state index is 12.2. The van der Waals surface area contributed by atoms with Crippen LogP contribution in [0.25, 0.3) is 0 Å². The molecule has 0 aromatic carbocycles. The van der Waals surface area contributed by atoms with Crippen molar-refractivity contribution in [3.63, 3.8) is 0 Å². The van der Waals surface area contributed by atoms with Crippen LogP contribution in [0.1, 0.15) is 39.0 Å². The van der Waals surface area contributed by atoms with E-state index < -0.39 is 19.5 Å². The molecule has 0 N–H and O–H groups in total. The fraction of sp³-hybridized carbons (Fsp3) is 0.533. The van der Waals surface area contributed by atoms with Gasteiger partial charge < -0.3 is 18.5 Å². The Morgan fingerprint density at radius 1 is 1.04 bits per heavy atom. The summed E-state index contributed by atoms with van der Waals surface area (Å²) in [6.07, 6.45) is -0.0746. The Kier molecular flexibility index (Phi) is 7.54. The summed E-state index contributed by atoms with van der Waals surface area (Å²) in [7, 11) is -0.738. The quantitative estimate of drug-likeness (QED) is 0.515. The van der Waals surface area contributed by atoms with Gasteiger partial charge in [0.2, 0.25) is 0 Å². The lowest BCUT2D eigenvalue weighted by Gasteiger charge is -2.14. The van der Waals surface area contributed by atoms with Crippen molar-refractivity contribution in [1.82, 2.24) is 4.98 Å². The van der Waals surface area contributed by atoms with Crippen molar-refractivity contribution in [2.24, 2.45) is 0 Å². The zero-order chi connectivity index (χ0) is 18.3. The van der Waals surface area contributed by atoms with E-state index in [4.69, 9.17) is 18.5 Å². The molecule has 1 rings (SSSR count). The normalized spacial score (nSPS) is 11.2. The molecule has 1 heterocycles. The molecule has 0 fully saturated rings. The molecule has 0 aliphatic carbocycles. The van der Waals surface area contributed by atoms with Crippen molar-refractivity contribution < 1.29 is 32.7 Å². The van der Waals surface area contributed by atoms with Crippen LogP contribution >= 0.6 is 7.60 Å². The third-order valence-corrected chi connectivity index (χ3v) is 5.12. The SMILES string of the molecule is CCOC(=O)c1cc(C(=O)OCCP(=O)(OC)OC)c(C)nc1C. The van der Waals surface area contributed by atoms with Crippen LogP contribution in [0, 0.1) is 13.8 Å². The molecule has 0 saturated carbocycles. The first-order chi connectivity index (χ1) is 11.3. The molecule has 0 aliphatic heterocycles. The van der Waals surface area contributed by atoms with Gasteiger partial charge >= 0.3 is 19.5 Å². The number of ether oxygens (including phenoxy) is 2. The van der Waals surface area contributed by atoms with Crippen molar-refractivity contribution >= 4 is 19.5 Å². The molecule has 0 saturated heterocycles. The molecule has 0 atom stereocenters. The van der Waals surface area contributed by atoms with E-state index in [-0.39, 0.29) is 30.5 Å². The summed E-state index contributed by atoms with van der Waals surface area (Å²) in [5.41, 5.74) is 1.24. The average Bonchev–Trinajstić information content (AvgIpc) is 2.54. The van der Waals surface area contributed by atoms with E-state index in [0.29, 0.717) is 11.4 Å². The molecule has 24 heavy (non-hydrogen) atoms. The number of hydrogen-bond acceptors (Lipinski definition) is 8. The summed E-state index contributed by atoms with van der Waals surface area (Å²) >= 11 is 0. The highest BCUT2D eigenvalue weighted by Gasteiger charge is 2.23. The van der Waals surface area contributed by atoms with Crippen molar-refractivity contribution in [2.45, 2.75) is 20.8 Å². The Labute approximate surface area is 141 Å². The van der Waals surface area contributed by atoms with E-state index in [1.54, 1.807) is 20.8 Å². The lowest BCUT2D eigenvalue weighted by atomic mass is 10.1. The van der Waals surface area contributed by atoms with E-state index in [2.05, 4.69) is 4.98 Å². The highest BCUT2D eigenvalue weighted by atomic mass is 31.2. The second-order valence-electron chi connectivity index (χ2n) is 4.81. The molecule has 0 radical (unpaired) electrons. The largest absolute Gasteiger partial charge is 0.462 e. The molecule has 8 nitrogen and oxygen atoms in total. The Morgan fingerprint density at radius 3 is 2.00 bits per heavy atom. The molecule has 0 bridgehead atoms. The van der Waals surface area contributed by atoms with Crippen LogP contribution in [0.3, 0.4) is 0 Å². The number of carbonyl (C=O) groups excluding carboxylic acids is 2. The predicted molar refractivity (Wildman–Crippen MR) is 86.4 cm³/mol. The molecule has 1 aromatic rings. The monoisotopic (exact) mass is 359 g/mol. The van der Waals surface area contributed by atoms with Crippen molar-refractivity contribution in [3.8, 4) is 0 Å². The highest BCUT2D eigenvalue weighted by molar-refractivity contribution is 7.53. The third kappa shape index (κ3) is 5.12. The van der Waals surface area contributed by atoms with Crippen LogP contribution in [-0.2, 0) is 23.1 Å². The van der Waals surface area contributed by atoms with Gasteiger partial charge in [-0.2, -0.15) is 0 Å². The zero-order valence-electron chi connectivity index (χ0n) is 14.5. The Balaban J connectivity index is 2.89. The van der Waals surface area contributed by atoms with Gasteiger partial charge in [-0.3, -0.25) is 9.55 Å². The first-order valence-corrected chi connectivity index (χ1v) is 9.03. The Hall–Kier alpha value is -1.76. The second-order valence-corrected chi connectivity index (χ2v) is 7.21. The lowest BCUT2D eigenvalue weighted by molar-refractivity contribution is 0.0522. The van der Waals surface area contributed by atoms with Gasteiger partial charge in [-0.05, 0) is 26.8 Å². The smallest absolute Gasteiger partial charge is 0.340 e. The summed E-state index contributed by atoms with van der Waals surface area (Å²) in [4.78, 5) is 28.3. The van der Waals surface area contributed by atoms with Crippen molar-refractivity contribution in [1.29, 1.82) is 0 Å². The van der Waals surface area contributed by atoms with E-state index in [9.17, 15) is 14.2 Å². The van der Waals surface area contributed by atoms with E-state index in [1.807, 2.05) is 0 Å². The molecule has 0 spiro atoms. The molecule has 134 valence electrons. The number of esters is 2. The highest BCUT2D eigenvalue weighted by Crippen LogP contribution is 2.45. The van der Waals surface area contributed by atoms with Gasteiger partial charge in [-0.25, -0.2) is 9.59 Å². The zero-order valence-corrected chi connectivity index (χ0v) is 15.3. The van der Waals surface area contributed by atoms with Gasteiger partial charge in [0.1, 0.15) is 6.61 Å². The minimum Gasteiger partial charge on any atom is -0.462 e. The summed E-state index contributed by atoms with van der Waals surface area (Å²) in [6.45, 7) is 5.04. The summed E-state index contributed by atoms with van der Waals surface area (Å²) in [5, 5.41) is 0. The molecule has 1 aromatic heterocycles. The minimum atomic E-state index is -3.25. The number of hydrogen-bond donors (Lipinski definition) is 0. The van der Waals surface area contributed by atoms with Crippen LogP contribution < -0.4 is 0 Å². The van der Waals surface area contributed by atoms with Crippen LogP contribution in [0.4, 0.5) is 0 Å². The number of pyridine rings is 1. The number of rotatable bonds is 8. The molecular weight excluding hydrogens is 337 g/mol. The summed E-state index contributed by atoms with van der Waals surface area (Å²) in [6, 6.07) is 1.39. The topological polar surface area (TPSA) is 101 Å². The number of carbonyl (C=O) groups is 2. The molecule has 0 unspecified atom stereocenters. The Bertz CT molecular complexity index is 651. The van der Waals surface area contributed by atoms with Gasteiger partial charge in [0, 0.05) is 14.2 Å². The predicted octanol–water partition coefficient (Wildman–Crippen LogP) is 2.52. The van der Waals surface area contributed by atoms with Gasteiger partial charge in [0.25, 0.3) is 0 Å². The maximum atomic E-state index is 12.2. The summed E-state index contributed by atoms with van der Waals surface area (Å²) in [5.74, 6) is -1.23. The number of aryl methyl sites for hydroxylation is 2. The standard InChI is InChI=1S/C15H22NO7P/c1-6-22-14(17)12-9-13(11(3)16-10(12)2)15(18)23-7-8-24(19,20-4)21-5/h9H,6-8H2,1-5H3. The first-order valence-electron chi connectivity index (χ1n) is 7.31.